The molecule has 0 aromatic rings. The highest BCUT2D eigenvalue weighted by atomic mass is 16.7. The van der Waals surface area contributed by atoms with E-state index < -0.39 is 0 Å². The van der Waals surface area contributed by atoms with E-state index in [1.54, 1.807) is 0 Å². The van der Waals surface area contributed by atoms with E-state index in [1.807, 2.05) is 0 Å². The third kappa shape index (κ3) is 2.65. The zero-order chi connectivity index (χ0) is 20.9. The Kier molecular flexibility index (Phi) is 4.40. The van der Waals surface area contributed by atoms with Crippen molar-refractivity contribution in [1.29, 1.82) is 0 Å². The lowest BCUT2D eigenvalue weighted by molar-refractivity contribution is -0.255. The second-order valence-electron chi connectivity index (χ2n) is 12.7. The first-order valence-electron chi connectivity index (χ1n) is 12.8. The lowest BCUT2D eigenvalue weighted by Gasteiger charge is -2.58. The molecule has 4 nitrogen and oxygen atoms in total. The molecule has 11 unspecified atom stereocenters. The van der Waals surface area contributed by atoms with Crippen LogP contribution in [0.2, 0.25) is 0 Å². The molecule has 0 amide bonds. The highest BCUT2D eigenvalue weighted by molar-refractivity contribution is 5.83. The van der Waals surface area contributed by atoms with Crippen LogP contribution in [0.15, 0.2) is 0 Å². The van der Waals surface area contributed by atoms with Gasteiger partial charge in [-0.05, 0) is 80.0 Å². The van der Waals surface area contributed by atoms with E-state index in [2.05, 4.69) is 20.8 Å². The van der Waals surface area contributed by atoms with E-state index in [9.17, 15) is 9.90 Å². The van der Waals surface area contributed by atoms with Crippen molar-refractivity contribution in [2.45, 2.75) is 103 Å². The summed E-state index contributed by atoms with van der Waals surface area (Å²) >= 11 is 0. The third-order valence-corrected chi connectivity index (χ3v) is 11.1. The molecule has 1 spiro atoms. The summed E-state index contributed by atoms with van der Waals surface area (Å²) in [5.74, 6) is 3.34. The fourth-order valence-corrected chi connectivity index (χ4v) is 9.50. The number of hydrogen-bond acceptors (Lipinski definition) is 4. The molecule has 6 rings (SSSR count). The molecule has 2 saturated heterocycles. The molecule has 4 saturated carbocycles. The number of carbonyl (C=O) groups excluding carboxylic acids is 1. The van der Waals surface area contributed by atoms with Gasteiger partial charge >= 0.3 is 0 Å². The van der Waals surface area contributed by atoms with Crippen LogP contribution in [0.1, 0.15) is 85.0 Å². The molecule has 6 aliphatic rings. The van der Waals surface area contributed by atoms with Gasteiger partial charge < -0.3 is 14.6 Å². The number of aliphatic hydroxyl groups is 1. The molecule has 1 N–H and O–H groups in total. The van der Waals surface area contributed by atoms with Crippen molar-refractivity contribution in [2.24, 2.45) is 46.3 Å². The standard InChI is InChI=1S/C26H40O4/c1-15-6-9-26(29-13-15)14-25(3)20-5-4-19-17(18(20)12-23(25)30-26)11-22(28)21-10-16(27)7-8-24(19,21)2/h15-21,23,27H,4-14H2,1-3H3. The molecular formula is C26H40O4. The Bertz CT molecular complexity index is 727. The van der Waals surface area contributed by atoms with Crippen LogP contribution in [0.5, 0.6) is 0 Å². The van der Waals surface area contributed by atoms with Crippen LogP contribution in [0.3, 0.4) is 0 Å². The van der Waals surface area contributed by atoms with E-state index in [4.69, 9.17) is 9.47 Å². The molecule has 30 heavy (non-hydrogen) atoms. The van der Waals surface area contributed by atoms with Crippen molar-refractivity contribution in [3.05, 3.63) is 0 Å². The Morgan fingerprint density at radius 2 is 1.73 bits per heavy atom. The largest absolute Gasteiger partial charge is 0.393 e. The van der Waals surface area contributed by atoms with Crippen molar-refractivity contribution < 1.29 is 19.4 Å². The summed E-state index contributed by atoms with van der Waals surface area (Å²) in [5, 5.41) is 10.2. The van der Waals surface area contributed by atoms with Gasteiger partial charge in [0.15, 0.2) is 5.79 Å². The highest BCUT2D eigenvalue weighted by Gasteiger charge is 2.67. The zero-order valence-electron chi connectivity index (χ0n) is 19.1. The third-order valence-electron chi connectivity index (χ3n) is 11.1. The van der Waals surface area contributed by atoms with Crippen LogP contribution in [-0.2, 0) is 14.3 Å². The number of rotatable bonds is 0. The molecular weight excluding hydrogens is 376 g/mol. The molecule has 168 valence electrons. The molecule has 6 fully saturated rings. The van der Waals surface area contributed by atoms with Gasteiger partial charge in [0.05, 0.1) is 18.8 Å². The van der Waals surface area contributed by atoms with E-state index in [-0.39, 0.29) is 28.6 Å². The topological polar surface area (TPSA) is 55.8 Å². The molecule has 4 aliphatic carbocycles. The van der Waals surface area contributed by atoms with Crippen molar-refractivity contribution in [3.63, 3.8) is 0 Å². The molecule has 2 heterocycles. The molecule has 0 bridgehead atoms. The molecule has 11 atom stereocenters. The van der Waals surface area contributed by atoms with E-state index in [1.165, 1.54) is 19.3 Å². The second-order valence-corrected chi connectivity index (χ2v) is 12.7. The lowest BCUT2D eigenvalue weighted by Crippen LogP contribution is -2.56. The number of hydrogen-bond donors (Lipinski definition) is 1. The number of ether oxygens (including phenoxy) is 2. The van der Waals surface area contributed by atoms with Crippen molar-refractivity contribution in [1.82, 2.24) is 0 Å². The summed E-state index contributed by atoms with van der Waals surface area (Å²) in [4.78, 5) is 13.3. The van der Waals surface area contributed by atoms with Crippen molar-refractivity contribution in [3.8, 4) is 0 Å². The summed E-state index contributed by atoms with van der Waals surface area (Å²) in [5.41, 5.74) is 0.313. The van der Waals surface area contributed by atoms with Crippen molar-refractivity contribution in [2.75, 3.05) is 6.61 Å². The summed E-state index contributed by atoms with van der Waals surface area (Å²) < 4.78 is 13.1. The van der Waals surface area contributed by atoms with Gasteiger partial charge in [-0.2, -0.15) is 0 Å². The van der Waals surface area contributed by atoms with Gasteiger partial charge in [-0.3, -0.25) is 4.79 Å². The first kappa shape index (κ1) is 20.2. The summed E-state index contributed by atoms with van der Waals surface area (Å²) in [6.45, 7) is 7.98. The molecule has 0 aromatic carbocycles. The zero-order valence-corrected chi connectivity index (χ0v) is 19.1. The van der Waals surface area contributed by atoms with Gasteiger partial charge in [-0.1, -0.05) is 20.8 Å². The first-order valence-corrected chi connectivity index (χ1v) is 12.8. The number of carbonyl (C=O) groups is 1. The molecule has 2 aliphatic heterocycles. The van der Waals surface area contributed by atoms with Gasteiger partial charge in [-0.15, -0.1) is 0 Å². The molecule has 4 heteroatoms. The average molecular weight is 417 g/mol. The smallest absolute Gasteiger partial charge is 0.169 e. The number of fused-ring (bicyclic) bond motifs is 7. The van der Waals surface area contributed by atoms with Crippen LogP contribution in [0, 0.1) is 46.3 Å². The van der Waals surface area contributed by atoms with Crippen molar-refractivity contribution >= 4 is 5.78 Å². The minimum absolute atomic E-state index is 0.0905. The molecule has 0 radical (unpaired) electrons. The van der Waals surface area contributed by atoms with Crippen LogP contribution in [0.4, 0.5) is 0 Å². The Morgan fingerprint density at radius 1 is 0.967 bits per heavy atom. The predicted molar refractivity (Wildman–Crippen MR) is 114 cm³/mol. The van der Waals surface area contributed by atoms with E-state index in [0.29, 0.717) is 47.9 Å². The maximum Gasteiger partial charge on any atom is 0.169 e. The number of aliphatic hydroxyl groups excluding tert-OH is 1. The first-order chi connectivity index (χ1) is 14.2. The minimum Gasteiger partial charge on any atom is -0.393 e. The van der Waals surface area contributed by atoms with Gasteiger partial charge in [0, 0.05) is 30.6 Å². The van der Waals surface area contributed by atoms with Crippen LogP contribution < -0.4 is 0 Å². The monoisotopic (exact) mass is 416 g/mol. The van der Waals surface area contributed by atoms with Crippen LogP contribution in [0.25, 0.3) is 0 Å². The SMILES string of the molecule is CC1CCC2(CC3(C)C(CC4C5CC(=O)C6CC(O)CCC6(C)C5CCC43)O2)OC1. The summed E-state index contributed by atoms with van der Waals surface area (Å²) in [6.07, 6.45) is 10.4. The highest BCUT2D eigenvalue weighted by Crippen LogP contribution is 2.69. The predicted octanol–water partition coefficient (Wildman–Crippen LogP) is 4.73. The minimum atomic E-state index is -0.327. The Labute approximate surface area is 181 Å². The maximum atomic E-state index is 13.3. The number of ketones is 1. The Hall–Kier alpha value is -0.450. The average Bonchev–Trinajstić information content (AvgIpc) is 3.13. The number of Topliss-reactive ketones (excluding diaryl/α,β-unsaturated/α-hetero) is 1. The van der Waals surface area contributed by atoms with Gasteiger partial charge in [0.1, 0.15) is 5.78 Å². The quantitative estimate of drug-likeness (QED) is 0.620. The summed E-state index contributed by atoms with van der Waals surface area (Å²) in [6, 6.07) is 0. The van der Waals surface area contributed by atoms with Gasteiger partial charge in [-0.25, -0.2) is 0 Å². The van der Waals surface area contributed by atoms with Gasteiger partial charge in [0.25, 0.3) is 0 Å². The Morgan fingerprint density at radius 3 is 2.47 bits per heavy atom. The van der Waals surface area contributed by atoms with Crippen LogP contribution in [-0.4, -0.2) is 35.5 Å². The second kappa shape index (κ2) is 6.54. The normalized spacial score (nSPS) is 60.1. The molecule has 0 aromatic heterocycles. The van der Waals surface area contributed by atoms with E-state index >= 15 is 0 Å². The maximum absolute atomic E-state index is 13.3. The fraction of sp³-hybridized carbons (Fsp3) is 0.962. The Balaban J connectivity index is 1.25. The summed E-state index contributed by atoms with van der Waals surface area (Å²) in [7, 11) is 0. The van der Waals surface area contributed by atoms with E-state index in [0.717, 1.165) is 45.1 Å². The van der Waals surface area contributed by atoms with Crippen LogP contribution >= 0.6 is 0 Å². The fourth-order valence-electron chi connectivity index (χ4n) is 9.50. The lowest BCUT2D eigenvalue weighted by atomic mass is 9.46. The van der Waals surface area contributed by atoms with Gasteiger partial charge in [0.2, 0.25) is 0 Å².